The number of aryl methyl sites for hydroxylation is 1. The molecule has 0 spiro atoms. The molecule has 0 amide bonds. The number of aromatic nitrogens is 5. The number of sulfonamides is 1. The maximum Gasteiger partial charge on any atom is 0.269 e. The molecular weight excluding hydrogens is 637 g/mol. The van der Waals surface area contributed by atoms with Gasteiger partial charge in [-0.3, -0.25) is 4.68 Å². The standard InChI is InChI=1S/C32H48N6O5SSi2/c1-31(2,3)46(9,10)43-32(14-15-32)25-13-16-33-28(19-25)37-22-26(21-35-37)44(39,40)38(23-42-17-18-45(6,7)8)30-27(41-5)12-11-24-20-34-36(4)29(24)30/h11-13,16,19-22H,14-15,17-18,23H2,1-10H3. The molecule has 0 bridgehead atoms. The molecule has 0 aliphatic heterocycles. The van der Waals surface area contributed by atoms with Gasteiger partial charge in [0.25, 0.3) is 10.0 Å². The summed E-state index contributed by atoms with van der Waals surface area (Å²) >= 11 is 0. The van der Waals surface area contributed by atoms with E-state index in [1.54, 1.807) is 30.2 Å². The number of benzene rings is 1. The molecule has 0 saturated heterocycles. The molecule has 0 N–H and O–H groups in total. The SMILES string of the molecule is COc1ccc2cnn(C)c2c1N(COCC[Si](C)(C)C)S(=O)(=O)c1cnn(-c2cc(C3(O[Si](C)(C)C(C)(C)C)CC3)ccn2)c1. The van der Waals surface area contributed by atoms with E-state index in [2.05, 4.69) is 68.7 Å². The Balaban J connectivity index is 1.51. The van der Waals surface area contributed by atoms with Crippen LogP contribution >= 0.6 is 0 Å². The zero-order chi connectivity index (χ0) is 33.7. The summed E-state index contributed by atoms with van der Waals surface area (Å²) in [4.78, 5) is 4.55. The zero-order valence-corrected chi connectivity index (χ0v) is 31.6. The van der Waals surface area contributed by atoms with Gasteiger partial charge in [0.1, 0.15) is 23.1 Å². The van der Waals surface area contributed by atoms with Crippen molar-refractivity contribution in [2.75, 3.05) is 24.8 Å². The van der Waals surface area contributed by atoms with Crippen molar-refractivity contribution in [2.45, 2.75) is 87.9 Å². The monoisotopic (exact) mass is 684 g/mol. The lowest BCUT2D eigenvalue weighted by molar-refractivity contribution is 0.156. The maximum atomic E-state index is 14.5. The minimum atomic E-state index is -4.17. The van der Waals surface area contributed by atoms with Crippen LogP contribution in [0, 0.1) is 0 Å². The molecule has 0 atom stereocenters. The zero-order valence-electron chi connectivity index (χ0n) is 28.8. The van der Waals surface area contributed by atoms with Crippen molar-refractivity contribution in [2.24, 2.45) is 7.05 Å². The Hall–Kier alpha value is -3.05. The van der Waals surface area contributed by atoms with E-state index in [4.69, 9.17) is 13.9 Å². The quantitative estimate of drug-likeness (QED) is 0.0871. The number of nitrogens with zero attached hydrogens (tertiary/aromatic N) is 6. The van der Waals surface area contributed by atoms with Gasteiger partial charge < -0.3 is 13.9 Å². The summed E-state index contributed by atoms with van der Waals surface area (Å²) in [7, 11) is -4.31. The van der Waals surface area contributed by atoms with Crippen molar-refractivity contribution >= 4 is 43.0 Å². The van der Waals surface area contributed by atoms with E-state index in [0.29, 0.717) is 29.4 Å². The largest absolute Gasteiger partial charge is 0.494 e. The van der Waals surface area contributed by atoms with Gasteiger partial charge in [-0.25, -0.2) is 22.4 Å². The molecule has 1 aromatic carbocycles. The van der Waals surface area contributed by atoms with Crippen molar-refractivity contribution in [3.63, 3.8) is 0 Å². The first-order chi connectivity index (χ1) is 21.4. The number of ether oxygens (including phenoxy) is 2. The summed E-state index contributed by atoms with van der Waals surface area (Å²) in [5, 5.41) is 9.70. The fourth-order valence-corrected chi connectivity index (χ4v) is 8.80. The Morgan fingerprint density at radius 3 is 2.39 bits per heavy atom. The third kappa shape index (κ3) is 6.81. The lowest BCUT2D eigenvalue weighted by Gasteiger charge is -2.39. The van der Waals surface area contributed by atoms with Gasteiger partial charge >= 0.3 is 0 Å². The van der Waals surface area contributed by atoms with Crippen molar-refractivity contribution in [3.05, 3.63) is 54.6 Å². The topological polar surface area (TPSA) is 114 Å². The predicted molar refractivity (Wildman–Crippen MR) is 186 cm³/mol. The third-order valence-corrected chi connectivity index (χ3v) is 17.0. The Labute approximate surface area is 275 Å². The summed E-state index contributed by atoms with van der Waals surface area (Å²) < 4.78 is 52.0. The van der Waals surface area contributed by atoms with Crippen LogP contribution in [0.2, 0.25) is 43.8 Å². The van der Waals surface area contributed by atoms with E-state index in [1.807, 2.05) is 18.2 Å². The molecule has 4 aromatic rings. The molecule has 0 radical (unpaired) electrons. The molecule has 1 saturated carbocycles. The first-order valence-corrected chi connectivity index (χ1v) is 23.8. The highest BCUT2D eigenvalue weighted by molar-refractivity contribution is 7.92. The molecule has 5 rings (SSSR count). The fraction of sp³-hybridized carbons (Fsp3) is 0.531. The van der Waals surface area contributed by atoms with Gasteiger partial charge in [0.05, 0.1) is 36.8 Å². The molecule has 1 aliphatic carbocycles. The molecule has 14 heteroatoms. The lowest BCUT2D eigenvalue weighted by Crippen LogP contribution is -2.44. The van der Waals surface area contributed by atoms with Gasteiger partial charge in [0.15, 0.2) is 14.1 Å². The van der Waals surface area contributed by atoms with Gasteiger partial charge in [-0.1, -0.05) is 40.4 Å². The number of pyridine rings is 1. The van der Waals surface area contributed by atoms with Crippen LogP contribution in [0.3, 0.4) is 0 Å². The Bertz CT molecular complexity index is 1820. The van der Waals surface area contributed by atoms with Crippen LogP contribution in [0.15, 0.2) is 53.9 Å². The van der Waals surface area contributed by atoms with Crippen LogP contribution in [-0.2, 0) is 31.8 Å². The van der Waals surface area contributed by atoms with Crippen molar-refractivity contribution in [1.29, 1.82) is 0 Å². The average Bonchev–Trinajstić information content (AvgIpc) is 3.38. The lowest BCUT2D eigenvalue weighted by atomic mass is 10.1. The van der Waals surface area contributed by atoms with Gasteiger partial charge in [-0.05, 0) is 66.8 Å². The second-order valence-electron chi connectivity index (χ2n) is 14.9. The van der Waals surface area contributed by atoms with Gasteiger partial charge in [0.2, 0.25) is 0 Å². The molecule has 46 heavy (non-hydrogen) atoms. The molecule has 1 aliphatic rings. The molecular formula is C32H48N6O5SSi2. The van der Waals surface area contributed by atoms with E-state index in [9.17, 15) is 8.42 Å². The van der Waals surface area contributed by atoms with E-state index in [-0.39, 0.29) is 22.3 Å². The summed E-state index contributed by atoms with van der Waals surface area (Å²) in [5.74, 6) is 0.917. The third-order valence-electron chi connectivity index (χ3n) is 9.13. The number of methoxy groups -OCH3 is 1. The van der Waals surface area contributed by atoms with Crippen molar-refractivity contribution < 1.29 is 22.3 Å². The van der Waals surface area contributed by atoms with Crippen LogP contribution in [0.25, 0.3) is 16.7 Å². The predicted octanol–water partition coefficient (Wildman–Crippen LogP) is 6.68. The Morgan fingerprint density at radius 2 is 1.76 bits per heavy atom. The van der Waals surface area contributed by atoms with Crippen molar-refractivity contribution in [3.8, 4) is 11.6 Å². The van der Waals surface area contributed by atoms with Gasteiger partial charge in [-0.2, -0.15) is 10.2 Å². The highest BCUT2D eigenvalue weighted by Gasteiger charge is 2.52. The fourth-order valence-electron chi connectivity index (χ4n) is 5.14. The van der Waals surface area contributed by atoms with Gasteiger partial charge in [0, 0.05) is 33.3 Å². The van der Waals surface area contributed by atoms with E-state index >= 15 is 0 Å². The van der Waals surface area contributed by atoms with E-state index in [1.165, 1.54) is 28.5 Å². The molecule has 3 aromatic heterocycles. The number of rotatable bonds is 13. The molecule has 3 heterocycles. The number of hydrogen-bond acceptors (Lipinski definition) is 8. The number of fused-ring (bicyclic) bond motifs is 1. The highest BCUT2D eigenvalue weighted by Crippen LogP contribution is 2.54. The summed E-state index contributed by atoms with van der Waals surface area (Å²) in [6.07, 6.45) is 8.18. The van der Waals surface area contributed by atoms with Crippen LogP contribution in [-0.4, -0.2) is 69.8 Å². The van der Waals surface area contributed by atoms with Crippen LogP contribution in [0.5, 0.6) is 5.75 Å². The highest BCUT2D eigenvalue weighted by atomic mass is 32.2. The smallest absolute Gasteiger partial charge is 0.269 e. The Kier molecular flexibility index (Phi) is 9.09. The summed E-state index contributed by atoms with van der Waals surface area (Å²) in [5.41, 5.74) is 1.67. The molecule has 0 unspecified atom stereocenters. The molecule has 250 valence electrons. The van der Waals surface area contributed by atoms with Crippen LogP contribution < -0.4 is 9.04 Å². The van der Waals surface area contributed by atoms with Crippen LogP contribution in [0.1, 0.15) is 39.2 Å². The first-order valence-electron chi connectivity index (χ1n) is 15.7. The first kappa shape index (κ1) is 34.3. The van der Waals surface area contributed by atoms with Crippen molar-refractivity contribution in [1.82, 2.24) is 24.5 Å². The summed E-state index contributed by atoms with van der Waals surface area (Å²) in [6, 6.07) is 8.46. The maximum absolute atomic E-state index is 14.5. The second kappa shape index (κ2) is 12.2. The van der Waals surface area contributed by atoms with E-state index < -0.39 is 26.4 Å². The average molecular weight is 685 g/mol. The molecule has 1 fully saturated rings. The minimum absolute atomic E-state index is 0.00776. The number of hydrogen-bond donors (Lipinski definition) is 0. The second-order valence-corrected chi connectivity index (χ2v) is 27.1. The normalized spacial score (nSPS) is 15.3. The molecule has 11 nitrogen and oxygen atoms in total. The van der Waals surface area contributed by atoms with Crippen LogP contribution in [0.4, 0.5) is 5.69 Å². The Morgan fingerprint density at radius 1 is 1.04 bits per heavy atom. The number of anilines is 1. The summed E-state index contributed by atoms with van der Waals surface area (Å²) in [6.45, 7) is 18.3. The minimum Gasteiger partial charge on any atom is -0.494 e. The van der Waals surface area contributed by atoms with E-state index in [0.717, 1.165) is 29.8 Å². The van der Waals surface area contributed by atoms with Gasteiger partial charge in [-0.15, -0.1) is 0 Å².